The molecule has 1 fully saturated rings. The Morgan fingerprint density at radius 3 is 3.00 bits per heavy atom. The quantitative estimate of drug-likeness (QED) is 0.914. The molecule has 1 aliphatic heterocycles. The van der Waals surface area contributed by atoms with E-state index in [2.05, 4.69) is 10.4 Å². The molecule has 1 aliphatic rings. The first-order chi connectivity index (χ1) is 8.63. The summed E-state index contributed by atoms with van der Waals surface area (Å²) in [6.07, 6.45) is 1.56. The number of hydrogen-bond acceptors (Lipinski definition) is 2. The smallest absolute Gasteiger partial charge is 0.110 e. The normalized spacial score (nSPS) is 22.1. The van der Waals surface area contributed by atoms with E-state index in [0.29, 0.717) is 11.4 Å². The predicted molar refractivity (Wildman–Crippen MR) is 71.8 cm³/mol. The number of aromatic nitrogens is 2. The third kappa shape index (κ3) is 2.86. The highest BCUT2D eigenvalue weighted by molar-refractivity contribution is 6.31. The van der Waals surface area contributed by atoms with Crippen LogP contribution in [0.3, 0.4) is 0 Å². The van der Waals surface area contributed by atoms with Crippen molar-refractivity contribution in [3.8, 4) is 0 Å². The molecule has 2 unspecified atom stereocenters. The molecular weight excluding hydrogens is 253 g/mol. The van der Waals surface area contributed by atoms with Gasteiger partial charge in [0, 0.05) is 25.4 Å². The van der Waals surface area contributed by atoms with Crippen molar-refractivity contribution in [2.75, 3.05) is 13.1 Å². The van der Waals surface area contributed by atoms with Crippen LogP contribution in [0.2, 0.25) is 5.02 Å². The van der Waals surface area contributed by atoms with E-state index in [1.54, 1.807) is 0 Å². The second kappa shape index (κ2) is 6.02. The molecule has 1 aromatic rings. The molecule has 2 rings (SSSR count). The fourth-order valence-corrected chi connectivity index (χ4v) is 2.82. The number of hydrogen-bond donors (Lipinski definition) is 1. The minimum absolute atomic E-state index is 0.107. The number of halogens is 2. The van der Waals surface area contributed by atoms with E-state index in [1.165, 1.54) is 0 Å². The summed E-state index contributed by atoms with van der Waals surface area (Å²) in [6.45, 7) is 6.39. The maximum absolute atomic E-state index is 14.3. The molecule has 3 nitrogen and oxygen atoms in total. The molecule has 0 saturated carbocycles. The van der Waals surface area contributed by atoms with E-state index in [4.69, 9.17) is 11.6 Å². The average Bonchev–Trinajstić information content (AvgIpc) is 2.67. The molecule has 0 radical (unpaired) electrons. The third-order valence-corrected chi connectivity index (χ3v) is 4.18. The molecule has 1 saturated heterocycles. The molecule has 18 heavy (non-hydrogen) atoms. The topological polar surface area (TPSA) is 29.9 Å². The molecule has 2 atom stereocenters. The van der Waals surface area contributed by atoms with Crippen LogP contribution in [0.25, 0.3) is 0 Å². The number of nitrogens with one attached hydrogen (secondary N) is 1. The van der Waals surface area contributed by atoms with Crippen LogP contribution in [0.15, 0.2) is 0 Å². The van der Waals surface area contributed by atoms with Crippen LogP contribution in [0.5, 0.6) is 0 Å². The van der Waals surface area contributed by atoms with Gasteiger partial charge in [0.25, 0.3) is 0 Å². The number of nitrogens with zero attached hydrogens (tertiary/aromatic N) is 2. The lowest BCUT2D eigenvalue weighted by Crippen LogP contribution is -2.36. The van der Waals surface area contributed by atoms with Crippen molar-refractivity contribution >= 4 is 11.6 Å². The van der Waals surface area contributed by atoms with E-state index in [0.717, 1.165) is 43.9 Å². The SMILES string of the molecule is CCn1nc(C)c(Cl)c1CC(F)C1CCCNC1. The Kier molecular flexibility index (Phi) is 4.62. The van der Waals surface area contributed by atoms with Crippen molar-refractivity contribution < 1.29 is 4.39 Å². The summed E-state index contributed by atoms with van der Waals surface area (Å²) < 4.78 is 16.2. The molecule has 0 aromatic carbocycles. The first-order valence-electron chi connectivity index (χ1n) is 6.70. The Labute approximate surface area is 113 Å². The highest BCUT2D eigenvalue weighted by Gasteiger charge is 2.26. The third-order valence-electron chi connectivity index (χ3n) is 3.69. The Balaban J connectivity index is 2.08. The average molecular weight is 274 g/mol. The summed E-state index contributed by atoms with van der Waals surface area (Å²) in [5.41, 5.74) is 1.64. The molecule has 0 spiro atoms. The first kappa shape index (κ1) is 13.8. The maximum Gasteiger partial charge on any atom is 0.110 e. The van der Waals surface area contributed by atoms with Gasteiger partial charge in [-0.3, -0.25) is 4.68 Å². The van der Waals surface area contributed by atoms with Crippen LogP contribution in [0.4, 0.5) is 4.39 Å². The van der Waals surface area contributed by atoms with Gasteiger partial charge >= 0.3 is 0 Å². The van der Waals surface area contributed by atoms with Gasteiger partial charge in [0.1, 0.15) is 6.17 Å². The molecule has 1 N–H and O–H groups in total. The van der Waals surface area contributed by atoms with Gasteiger partial charge in [0.05, 0.1) is 16.4 Å². The lowest BCUT2D eigenvalue weighted by molar-refractivity contribution is 0.188. The number of alkyl halides is 1. The van der Waals surface area contributed by atoms with Crippen LogP contribution in [0.1, 0.15) is 31.2 Å². The van der Waals surface area contributed by atoms with Gasteiger partial charge in [-0.2, -0.15) is 5.10 Å². The van der Waals surface area contributed by atoms with Gasteiger partial charge in [-0.25, -0.2) is 4.39 Å². The zero-order chi connectivity index (χ0) is 13.1. The van der Waals surface area contributed by atoms with Crippen LogP contribution in [0, 0.1) is 12.8 Å². The minimum atomic E-state index is -0.836. The number of rotatable bonds is 4. The van der Waals surface area contributed by atoms with E-state index in [-0.39, 0.29) is 5.92 Å². The molecule has 5 heteroatoms. The van der Waals surface area contributed by atoms with Gasteiger partial charge in [-0.15, -0.1) is 0 Å². The van der Waals surface area contributed by atoms with Crippen molar-refractivity contribution in [2.24, 2.45) is 5.92 Å². The zero-order valence-electron chi connectivity index (χ0n) is 11.0. The van der Waals surface area contributed by atoms with Crippen LogP contribution >= 0.6 is 11.6 Å². The van der Waals surface area contributed by atoms with Gasteiger partial charge in [-0.05, 0) is 33.2 Å². The fourth-order valence-electron chi connectivity index (χ4n) is 2.60. The summed E-state index contributed by atoms with van der Waals surface area (Å²) in [4.78, 5) is 0. The summed E-state index contributed by atoms with van der Waals surface area (Å²) in [5.74, 6) is 0.107. The predicted octanol–water partition coefficient (Wildman–Crippen LogP) is 2.75. The number of aryl methyl sites for hydroxylation is 2. The second-order valence-corrected chi connectivity index (χ2v) is 5.37. The van der Waals surface area contributed by atoms with Crippen LogP contribution in [-0.2, 0) is 13.0 Å². The van der Waals surface area contributed by atoms with Gasteiger partial charge in [-0.1, -0.05) is 11.6 Å². The minimum Gasteiger partial charge on any atom is -0.316 e. The molecular formula is C13H21ClFN3. The number of piperidine rings is 1. The Morgan fingerprint density at radius 2 is 2.39 bits per heavy atom. The summed E-state index contributed by atoms with van der Waals surface area (Å²) in [6, 6.07) is 0. The Hall–Kier alpha value is -0.610. The monoisotopic (exact) mass is 273 g/mol. The molecule has 1 aromatic heterocycles. The zero-order valence-corrected chi connectivity index (χ0v) is 11.8. The van der Waals surface area contributed by atoms with Crippen molar-refractivity contribution in [3.63, 3.8) is 0 Å². The van der Waals surface area contributed by atoms with E-state index in [1.807, 2.05) is 18.5 Å². The summed E-state index contributed by atoms with van der Waals surface area (Å²) in [7, 11) is 0. The molecule has 0 aliphatic carbocycles. The second-order valence-electron chi connectivity index (χ2n) is 4.99. The molecule has 0 bridgehead atoms. The van der Waals surface area contributed by atoms with Gasteiger partial charge in [0.15, 0.2) is 0 Å². The summed E-state index contributed by atoms with van der Waals surface area (Å²) in [5, 5.41) is 8.21. The van der Waals surface area contributed by atoms with Crippen molar-refractivity contribution in [1.82, 2.24) is 15.1 Å². The van der Waals surface area contributed by atoms with Crippen molar-refractivity contribution in [3.05, 3.63) is 16.4 Å². The molecule has 0 amide bonds. The van der Waals surface area contributed by atoms with Gasteiger partial charge < -0.3 is 5.32 Å². The van der Waals surface area contributed by atoms with Crippen LogP contribution < -0.4 is 5.32 Å². The van der Waals surface area contributed by atoms with Crippen LogP contribution in [-0.4, -0.2) is 29.0 Å². The largest absolute Gasteiger partial charge is 0.316 e. The van der Waals surface area contributed by atoms with E-state index in [9.17, 15) is 4.39 Å². The van der Waals surface area contributed by atoms with E-state index >= 15 is 0 Å². The highest BCUT2D eigenvalue weighted by Crippen LogP contribution is 2.26. The summed E-state index contributed by atoms with van der Waals surface area (Å²) >= 11 is 6.21. The molecule has 2 heterocycles. The maximum atomic E-state index is 14.3. The van der Waals surface area contributed by atoms with Crippen molar-refractivity contribution in [1.29, 1.82) is 0 Å². The Morgan fingerprint density at radius 1 is 1.61 bits per heavy atom. The van der Waals surface area contributed by atoms with Gasteiger partial charge in [0.2, 0.25) is 0 Å². The standard InChI is InChI=1S/C13H21ClFN3/c1-3-18-12(13(14)9(2)17-18)7-11(15)10-5-4-6-16-8-10/h10-11,16H,3-8H2,1-2H3. The highest BCUT2D eigenvalue weighted by atomic mass is 35.5. The lowest BCUT2D eigenvalue weighted by atomic mass is 9.92. The Bertz CT molecular complexity index is 399. The lowest BCUT2D eigenvalue weighted by Gasteiger charge is -2.26. The fraction of sp³-hybridized carbons (Fsp3) is 0.769. The van der Waals surface area contributed by atoms with E-state index < -0.39 is 6.17 Å². The molecule has 102 valence electrons. The van der Waals surface area contributed by atoms with Crippen molar-refractivity contribution in [2.45, 2.75) is 45.8 Å². The first-order valence-corrected chi connectivity index (χ1v) is 7.07.